The lowest BCUT2D eigenvalue weighted by atomic mass is 10.0. The fraction of sp³-hybridized carbons (Fsp3) is 0.917. The fourth-order valence-electron chi connectivity index (χ4n) is 2.17. The van der Waals surface area contributed by atoms with E-state index in [1.165, 1.54) is 25.7 Å². The van der Waals surface area contributed by atoms with E-state index in [-0.39, 0.29) is 5.91 Å². The Morgan fingerprint density at radius 2 is 2.00 bits per heavy atom. The number of unbranched alkanes of at least 4 members (excludes halogenated alkanes) is 1. The molecule has 1 aliphatic rings. The smallest absolute Gasteiger partial charge is 0.220 e. The summed E-state index contributed by atoms with van der Waals surface area (Å²) in [4.78, 5) is 11.4. The first-order chi connectivity index (χ1) is 7.33. The van der Waals surface area contributed by atoms with Crippen molar-refractivity contribution >= 4 is 21.8 Å². The van der Waals surface area contributed by atoms with Crippen LogP contribution in [0.15, 0.2) is 0 Å². The standard InChI is InChI=1S/C12H22BrNO/c13-9-3-4-10-14-12(15)8-7-11-5-1-2-6-11/h11H,1-10H2,(H,14,15). The van der Waals surface area contributed by atoms with E-state index in [0.717, 1.165) is 43.5 Å². The van der Waals surface area contributed by atoms with E-state index in [9.17, 15) is 4.79 Å². The predicted octanol–water partition coefficient (Wildman–Crippen LogP) is 3.25. The van der Waals surface area contributed by atoms with Gasteiger partial charge in [0.05, 0.1) is 0 Å². The summed E-state index contributed by atoms with van der Waals surface area (Å²) in [5, 5.41) is 4.01. The van der Waals surface area contributed by atoms with Crippen molar-refractivity contribution < 1.29 is 4.79 Å². The van der Waals surface area contributed by atoms with Gasteiger partial charge >= 0.3 is 0 Å². The molecule has 15 heavy (non-hydrogen) atoms. The van der Waals surface area contributed by atoms with Crippen LogP contribution in [0.1, 0.15) is 51.4 Å². The molecule has 1 rings (SSSR count). The Bertz CT molecular complexity index is 178. The van der Waals surface area contributed by atoms with Gasteiger partial charge in [0.15, 0.2) is 0 Å². The summed E-state index contributed by atoms with van der Waals surface area (Å²) in [5.74, 6) is 1.08. The lowest BCUT2D eigenvalue weighted by Gasteiger charge is -2.08. The summed E-state index contributed by atoms with van der Waals surface area (Å²) in [6, 6.07) is 0. The SMILES string of the molecule is O=C(CCC1CCCC1)NCCCCBr. The molecule has 1 saturated carbocycles. The summed E-state index contributed by atoms with van der Waals surface area (Å²) in [6.07, 6.45) is 9.50. The van der Waals surface area contributed by atoms with Crippen molar-refractivity contribution in [2.75, 3.05) is 11.9 Å². The van der Waals surface area contributed by atoms with Crippen LogP contribution in [0.25, 0.3) is 0 Å². The van der Waals surface area contributed by atoms with Gasteiger partial charge < -0.3 is 5.32 Å². The zero-order chi connectivity index (χ0) is 10.9. The van der Waals surface area contributed by atoms with Crippen LogP contribution in [0.4, 0.5) is 0 Å². The number of carbonyl (C=O) groups is 1. The van der Waals surface area contributed by atoms with Crippen LogP contribution in [0, 0.1) is 5.92 Å². The van der Waals surface area contributed by atoms with Gasteiger partial charge in [-0.1, -0.05) is 41.6 Å². The topological polar surface area (TPSA) is 29.1 Å². The minimum absolute atomic E-state index is 0.247. The Hall–Kier alpha value is -0.0500. The fourth-order valence-corrected chi connectivity index (χ4v) is 2.57. The third-order valence-corrected chi connectivity index (χ3v) is 3.70. The Labute approximate surface area is 101 Å². The van der Waals surface area contributed by atoms with Gasteiger partial charge in [-0.15, -0.1) is 0 Å². The quantitative estimate of drug-likeness (QED) is 0.561. The molecule has 1 amide bonds. The second-order valence-electron chi connectivity index (χ2n) is 4.44. The number of alkyl halides is 1. The molecule has 0 spiro atoms. The van der Waals surface area contributed by atoms with Gasteiger partial charge in [-0.25, -0.2) is 0 Å². The highest BCUT2D eigenvalue weighted by atomic mass is 79.9. The van der Waals surface area contributed by atoms with Crippen molar-refractivity contribution in [1.29, 1.82) is 0 Å². The summed E-state index contributed by atoms with van der Waals surface area (Å²) in [7, 11) is 0. The molecule has 0 unspecified atom stereocenters. The van der Waals surface area contributed by atoms with Crippen molar-refractivity contribution in [3.63, 3.8) is 0 Å². The maximum absolute atomic E-state index is 11.4. The maximum Gasteiger partial charge on any atom is 0.220 e. The Morgan fingerprint density at radius 3 is 2.67 bits per heavy atom. The van der Waals surface area contributed by atoms with Gasteiger partial charge in [-0.3, -0.25) is 4.79 Å². The number of rotatable bonds is 7. The zero-order valence-corrected chi connectivity index (χ0v) is 11.0. The minimum atomic E-state index is 0.247. The van der Waals surface area contributed by atoms with Crippen LogP contribution in [-0.4, -0.2) is 17.8 Å². The molecular weight excluding hydrogens is 254 g/mol. The molecule has 0 atom stereocenters. The molecule has 1 aliphatic carbocycles. The van der Waals surface area contributed by atoms with E-state index in [1.807, 2.05) is 0 Å². The molecule has 0 aliphatic heterocycles. The number of hydrogen-bond donors (Lipinski definition) is 1. The van der Waals surface area contributed by atoms with Crippen molar-refractivity contribution in [2.45, 2.75) is 51.4 Å². The van der Waals surface area contributed by atoms with Crippen LogP contribution in [0.3, 0.4) is 0 Å². The molecule has 0 heterocycles. The average Bonchev–Trinajstić information content (AvgIpc) is 2.74. The first-order valence-corrected chi connectivity index (χ1v) is 7.27. The number of nitrogens with one attached hydrogen (secondary N) is 1. The molecular formula is C12H22BrNO. The molecule has 88 valence electrons. The maximum atomic E-state index is 11.4. The predicted molar refractivity (Wildman–Crippen MR) is 67.2 cm³/mol. The van der Waals surface area contributed by atoms with Gasteiger partial charge in [0.25, 0.3) is 0 Å². The third-order valence-electron chi connectivity index (χ3n) is 3.14. The summed E-state index contributed by atoms with van der Waals surface area (Å²) >= 11 is 3.38. The highest BCUT2D eigenvalue weighted by molar-refractivity contribution is 9.09. The molecule has 1 fully saturated rings. The minimum Gasteiger partial charge on any atom is -0.356 e. The molecule has 0 aromatic heterocycles. The van der Waals surface area contributed by atoms with E-state index < -0.39 is 0 Å². The van der Waals surface area contributed by atoms with Gasteiger partial charge in [0, 0.05) is 18.3 Å². The zero-order valence-electron chi connectivity index (χ0n) is 9.43. The summed E-state index contributed by atoms with van der Waals surface area (Å²) in [5.41, 5.74) is 0. The Morgan fingerprint density at radius 1 is 1.27 bits per heavy atom. The number of carbonyl (C=O) groups excluding carboxylic acids is 1. The van der Waals surface area contributed by atoms with Gasteiger partial charge in [-0.05, 0) is 25.2 Å². The lowest BCUT2D eigenvalue weighted by molar-refractivity contribution is -0.121. The third kappa shape index (κ3) is 6.18. The molecule has 2 nitrogen and oxygen atoms in total. The number of hydrogen-bond acceptors (Lipinski definition) is 1. The van der Waals surface area contributed by atoms with Crippen LogP contribution < -0.4 is 5.32 Å². The molecule has 0 saturated heterocycles. The molecule has 0 radical (unpaired) electrons. The van der Waals surface area contributed by atoms with E-state index in [1.54, 1.807) is 0 Å². The monoisotopic (exact) mass is 275 g/mol. The van der Waals surface area contributed by atoms with Crippen molar-refractivity contribution in [2.24, 2.45) is 5.92 Å². The van der Waals surface area contributed by atoms with E-state index in [0.29, 0.717) is 0 Å². The van der Waals surface area contributed by atoms with Gasteiger partial charge in [0.2, 0.25) is 5.91 Å². The van der Waals surface area contributed by atoms with E-state index in [4.69, 9.17) is 0 Å². The second-order valence-corrected chi connectivity index (χ2v) is 5.23. The summed E-state index contributed by atoms with van der Waals surface area (Å²) < 4.78 is 0. The van der Waals surface area contributed by atoms with Gasteiger partial charge in [-0.2, -0.15) is 0 Å². The van der Waals surface area contributed by atoms with E-state index in [2.05, 4.69) is 21.2 Å². The highest BCUT2D eigenvalue weighted by Crippen LogP contribution is 2.28. The highest BCUT2D eigenvalue weighted by Gasteiger charge is 2.15. The first kappa shape index (κ1) is 13.0. The van der Waals surface area contributed by atoms with Crippen LogP contribution in [-0.2, 0) is 4.79 Å². The van der Waals surface area contributed by atoms with E-state index >= 15 is 0 Å². The van der Waals surface area contributed by atoms with Crippen molar-refractivity contribution in [1.82, 2.24) is 5.32 Å². The molecule has 0 aromatic rings. The normalized spacial score (nSPS) is 16.9. The molecule has 0 bridgehead atoms. The average molecular weight is 276 g/mol. The summed E-state index contributed by atoms with van der Waals surface area (Å²) in [6.45, 7) is 0.842. The number of amides is 1. The molecule has 1 N–H and O–H groups in total. The van der Waals surface area contributed by atoms with Gasteiger partial charge in [0.1, 0.15) is 0 Å². The number of halogens is 1. The van der Waals surface area contributed by atoms with Crippen molar-refractivity contribution in [3.05, 3.63) is 0 Å². The van der Waals surface area contributed by atoms with Crippen LogP contribution in [0.5, 0.6) is 0 Å². The Balaban J connectivity index is 1.93. The largest absolute Gasteiger partial charge is 0.356 e. The van der Waals surface area contributed by atoms with Crippen molar-refractivity contribution in [3.8, 4) is 0 Å². The first-order valence-electron chi connectivity index (χ1n) is 6.15. The van der Waals surface area contributed by atoms with Crippen LogP contribution in [0.2, 0.25) is 0 Å². The lowest BCUT2D eigenvalue weighted by Crippen LogP contribution is -2.24. The van der Waals surface area contributed by atoms with Crippen LogP contribution >= 0.6 is 15.9 Å². The second kappa shape index (κ2) is 8.14. The Kier molecular flexibility index (Phi) is 7.07. The molecule has 3 heteroatoms. The molecule has 0 aromatic carbocycles.